The van der Waals surface area contributed by atoms with Crippen LogP contribution in [0.15, 0.2) is 6.33 Å². The van der Waals surface area contributed by atoms with Gasteiger partial charge in [-0.05, 0) is 58.4 Å². The molecule has 2 fully saturated rings. The highest BCUT2D eigenvalue weighted by Gasteiger charge is 2.32. The van der Waals surface area contributed by atoms with Crippen molar-refractivity contribution in [2.75, 3.05) is 24.5 Å². The number of carbonyl (C=O) groups excluding carboxylic acids is 1. The van der Waals surface area contributed by atoms with Gasteiger partial charge in [0.25, 0.3) is 0 Å². The quantitative estimate of drug-likeness (QED) is 0.801. The van der Waals surface area contributed by atoms with Crippen LogP contribution in [-0.4, -0.2) is 46.5 Å². The van der Waals surface area contributed by atoms with Crippen molar-refractivity contribution in [1.29, 1.82) is 0 Å². The van der Waals surface area contributed by atoms with Gasteiger partial charge < -0.3 is 9.80 Å². The van der Waals surface area contributed by atoms with Gasteiger partial charge in [0.05, 0.1) is 5.39 Å². The SMILES string of the molecule is Cc1sc2ncnc(N3CCC(C(=O)N4CCCCC4C)CC3)c2c1C. The number of hydrogen-bond acceptors (Lipinski definition) is 5. The average Bonchev–Trinajstić information content (AvgIpc) is 2.96. The Morgan fingerprint density at radius 1 is 1.12 bits per heavy atom. The molecule has 2 aliphatic heterocycles. The number of thiophene rings is 1. The summed E-state index contributed by atoms with van der Waals surface area (Å²) in [5.74, 6) is 1.61. The van der Waals surface area contributed by atoms with Gasteiger partial charge in [-0.2, -0.15) is 0 Å². The van der Waals surface area contributed by atoms with Crippen LogP contribution in [0.25, 0.3) is 10.2 Å². The number of piperidine rings is 2. The second kappa shape index (κ2) is 7.14. The van der Waals surface area contributed by atoms with Gasteiger partial charge in [-0.3, -0.25) is 4.79 Å². The molecule has 1 unspecified atom stereocenters. The normalized spacial score (nSPS) is 22.2. The molecule has 2 aliphatic rings. The molecule has 5 nitrogen and oxygen atoms in total. The highest BCUT2D eigenvalue weighted by atomic mass is 32.1. The lowest BCUT2D eigenvalue weighted by Gasteiger charge is -2.39. The van der Waals surface area contributed by atoms with E-state index in [0.717, 1.165) is 56.0 Å². The number of amides is 1. The third-order valence-electron chi connectivity index (χ3n) is 6.18. The Bertz CT molecular complexity index is 809. The van der Waals surface area contributed by atoms with E-state index in [1.54, 1.807) is 17.7 Å². The molecule has 4 rings (SSSR count). The van der Waals surface area contributed by atoms with Crippen LogP contribution in [0.1, 0.15) is 49.5 Å². The molecule has 0 spiro atoms. The van der Waals surface area contributed by atoms with Crippen LogP contribution in [0.3, 0.4) is 0 Å². The van der Waals surface area contributed by atoms with Crippen molar-refractivity contribution in [2.45, 2.75) is 58.9 Å². The third-order valence-corrected chi connectivity index (χ3v) is 7.29. The summed E-state index contributed by atoms with van der Waals surface area (Å²) >= 11 is 1.74. The van der Waals surface area contributed by atoms with Crippen LogP contribution < -0.4 is 4.90 Å². The van der Waals surface area contributed by atoms with Crippen molar-refractivity contribution in [3.05, 3.63) is 16.8 Å². The Kier molecular flexibility index (Phi) is 4.86. The summed E-state index contributed by atoms with van der Waals surface area (Å²) in [5.41, 5.74) is 1.29. The maximum absolute atomic E-state index is 13.0. The third kappa shape index (κ3) is 3.08. The number of nitrogens with zero attached hydrogens (tertiary/aromatic N) is 4. The van der Waals surface area contributed by atoms with E-state index in [-0.39, 0.29) is 5.92 Å². The first-order valence-electron chi connectivity index (χ1n) is 9.82. The molecule has 0 bridgehead atoms. The highest BCUT2D eigenvalue weighted by Crippen LogP contribution is 2.36. The zero-order chi connectivity index (χ0) is 18.3. The summed E-state index contributed by atoms with van der Waals surface area (Å²) in [7, 11) is 0. The lowest BCUT2D eigenvalue weighted by atomic mass is 9.92. The summed E-state index contributed by atoms with van der Waals surface area (Å²) < 4.78 is 0. The van der Waals surface area contributed by atoms with E-state index < -0.39 is 0 Å². The van der Waals surface area contributed by atoms with E-state index in [9.17, 15) is 4.79 Å². The number of rotatable bonds is 2. The molecule has 1 atom stereocenters. The van der Waals surface area contributed by atoms with Crippen molar-refractivity contribution in [3.8, 4) is 0 Å². The van der Waals surface area contributed by atoms with Gasteiger partial charge in [-0.1, -0.05) is 0 Å². The standard InChI is InChI=1S/C20H28N4OS/c1-13-6-4-5-9-24(13)20(25)16-7-10-23(11-8-16)18-17-14(2)15(3)26-19(17)22-12-21-18/h12-13,16H,4-11H2,1-3H3. The molecular weight excluding hydrogens is 344 g/mol. The zero-order valence-electron chi connectivity index (χ0n) is 16.0. The van der Waals surface area contributed by atoms with E-state index in [0.29, 0.717) is 11.9 Å². The number of aromatic nitrogens is 2. The van der Waals surface area contributed by atoms with Gasteiger partial charge in [0, 0.05) is 36.5 Å². The fourth-order valence-electron chi connectivity index (χ4n) is 4.40. The second-order valence-corrected chi connectivity index (χ2v) is 9.00. The van der Waals surface area contributed by atoms with Gasteiger partial charge in [0.1, 0.15) is 17.0 Å². The van der Waals surface area contributed by atoms with Crippen molar-refractivity contribution in [3.63, 3.8) is 0 Å². The molecule has 2 saturated heterocycles. The van der Waals surface area contributed by atoms with Gasteiger partial charge in [0.2, 0.25) is 5.91 Å². The van der Waals surface area contributed by atoms with Crippen LogP contribution in [0.2, 0.25) is 0 Å². The Morgan fingerprint density at radius 3 is 2.62 bits per heavy atom. The smallest absolute Gasteiger partial charge is 0.226 e. The first-order valence-corrected chi connectivity index (χ1v) is 10.6. The molecule has 0 aromatic carbocycles. The first kappa shape index (κ1) is 17.7. The van der Waals surface area contributed by atoms with Crippen LogP contribution in [0.4, 0.5) is 5.82 Å². The lowest BCUT2D eigenvalue weighted by molar-refractivity contribution is -0.139. The number of aryl methyl sites for hydroxylation is 2. The first-order chi connectivity index (χ1) is 12.6. The summed E-state index contributed by atoms with van der Waals surface area (Å²) in [5, 5.41) is 1.20. The minimum absolute atomic E-state index is 0.175. The molecular formula is C20H28N4OS. The van der Waals surface area contributed by atoms with Crippen molar-refractivity contribution < 1.29 is 4.79 Å². The van der Waals surface area contributed by atoms with Crippen LogP contribution in [-0.2, 0) is 4.79 Å². The summed E-state index contributed by atoms with van der Waals surface area (Å²) in [6, 6.07) is 0.409. The fourth-order valence-corrected chi connectivity index (χ4v) is 5.39. The maximum atomic E-state index is 13.0. The van der Waals surface area contributed by atoms with Crippen molar-refractivity contribution >= 4 is 33.3 Å². The Hall–Kier alpha value is -1.69. The summed E-state index contributed by atoms with van der Waals surface area (Å²) in [4.78, 5) is 28.9. The molecule has 4 heterocycles. The van der Waals surface area contributed by atoms with E-state index in [1.807, 2.05) is 0 Å². The van der Waals surface area contributed by atoms with E-state index >= 15 is 0 Å². The predicted octanol–water partition coefficient (Wildman–Crippen LogP) is 3.93. The fraction of sp³-hybridized carbons (Fsp3) is 0.650. The van der Waals surface area contributed by atoms with Gasteiger partial charge in [0.15, 0.2) is 0 Å². The van der Waals surface area contributed by atoms with Gasteiger partial charge in [-0.15, -0.1) is 11.3 Å². The van der Waals surface area contributed by atoms with E-state index in [4.69, 9.17) is 0 Å². The number of carbonyl (C=O) groups is 1. The van der Waals surface area contributed by atoms with Crippen LogP contribution in [0.5, 0.6) is 0 Å². The zero-order valence-corrected chi connectivity index (χ0v) is 16.8. The molecule has 140 valence electrons. The Balaban J connectivity index is 1.48. The number of likely N-dealkylation sites (tertiary alicyclic amines) is 1. The molecule has 0 N–H and O–H groups in total. The minimum atomic E-state index is 0.175. The topological polar surface area (TPSA) is 49.3 Å². The molecule has 2 aromatic heterocycles. The monoisotopic (exact) mass is 372 g/mol. The largest absolute Gasteiger partial charge is 0.356 e. The van der Waals surface area contributed by atoms with E-state index in [2.05, 4.69) is 40.5 Å². The van der Waals surface area contributed by atoms with Gasteiger partial charge >= 0.3 is 0 Å². The highest BCUT2D eigenvalue weighted by molar-refractivity contribution is 7.18. The minimum Gasteiger partial charge on any atom is -0.356 e. The average molecular weight is 373 g/mol. The summed E-state index contributed by atoms with van der Waals surface area (Å²) in [6.07, 6.45) is 7.10. The molecule has 0 radical (unpaired) electrons. The lowest BCUT2D eigenvalue weighted by Crippen LogP contribution is -2.48. The van der Waals surface area contributed by atoms with Crippen LogP contribution >= 0.6 is 11.3 Å². The molecule has 6 heteroatoms. The maximum Gasteiger partial charge on any atom is 0.226 e. The molecule has 0 aliphatic carbocycles. The summed E-state index contributed by atoms with van der Waals surface area (Å²) in [6.45, 7) is 9.26. The molecule has 2 aromatic rings. The van der Waals surface area contributed by atoms with Crippen molar-refractivity contribution in [1.82, 2.24) is 14.9 Å². The second-order valence-electron chi connectivity index (χ2n) is 7.80. The van der Waals surface area contributed by atoms with Gasteiger partial charge in [-0.25, -0.2) is 9.97 Å². The number of hydrogen-bond donors (Lipinski definition) is 0. The van der Waals surface area contributed by atoms with Crippen LogP contribution in [0, 0.1) is 19.8 Å². The number of fused-ring (bicyclic) bond motifs is 1. The Labute approximate surface area is 159 Å². The molecule has 1 amide bonds. The van der Waals surface area contributed by atoms with E-state index in [1.165, 1.54) is 22.2 Å². The Morgan fingerprint density at radius 2 is 1.88 bits per heavy atom. The molecule has 26 heavy (non-hydrogen) atoms. The molecule has 0 saturated carbocycles. The number of anilines is 1. The predicted molar refractivity (Wildman–Crippen MR) is 107 cm³/mol. The van der Waals surface area contributed by atoms with Crippen molar-refractivity contribution in [2.24, 2.45) is 5.92 Å².